The fourth-order valence-corrected chi connectivity index (χ4v) is 5.38. The van der Waals surface area contributed by atoms with Gasteiger partial charge in [-0.25, -0.2) is 19.3 Å². The first-order valence-corrected chi connectivity index (χ1v) is 12.0. The molecule has 1 saturated heterocycles. The maximum atomic E-state index is 11.6. The Labute approximate surface area is 280 Å². The summed E-state index contributed by atoms with van der Waals surface area (Å²) in [6.07, 6.45) is -2.30. The molecule has 0 radical (unpaired) electrons. The molecule has 24 heteroatoms. The van der Waals surface area contributed by atoms with Gasteiger partial charge in [0.2, 0.25) is 0 Å². The zero-order valence-electron chi connectivity index (χ0n) is 18.3. The summed E-state index contributed by atoms with van der Waals surface area (Å²) in [6, 6.07) is 0. The molecule has 6 atom stereocenters. The van der Waals surface area contributed by atoms with Crippen LogP contribution in [-0.2, 0) is 31.6 Å². The fraction of sp³-hybridized carbons (Fsp3) is 0.500. The molecular weight excluding hydrogens is 569 g/mol. The number of fused-ring (bicyclic) bond motifs is 1. The zero-order valence-corrected chi connectivity index (χ0v) is 28.9. The molecule has 2 aromatic heterocycles. The molecule has 0 spiro atoms. The van der Waals surface area contributed by atoms with Crippen LogP contribution in [0.1, 0.15) is 6.23 Å². The van der Waals surface area contributed by atoms with E-state index in [-0.39, 0.29) is 124 Å². The van der Waals surface area contributed by atoms with E-state index in [1.165, 1.54) is 23.4 Å². The normalized spacial score (nSPS) is 25.6. The Kier molecular flexibility index (Phi) is 17.9. The van der Waals surface area contributed by atoms with Crippen molar-refractivity contribution in [3.63, 3.8) is 0 Å². The molecule has 168 valence electrons. The molecule has 17 nitrogen and oxygen atoms in total. The van der Waals surface area contributed by atoms with Gasteiger partial charge >= 0.3 is 118 Å². The summed E-state index contributed by atoms with van der Waals surface area (Å²) in [6.45, 7) is -1.05. The quantitative estimate of drug-likeness (QED) is 0.217. The Morgan fingerprint density at radius 1 is 0.971 bits per heavy atom. The summed E-state index contributed by atoms with van der Waals surface area (Å²) < 4.78 is 50.2. The monoisotopic (exact) mass is 580 g/mol. The Balaban J connectivity index is 0. The Morgan fingerprint density at radius 2 is 1.59 bits per heavy atom. The van der Waals surface area contributed by atoms with Gasteiger partial charge in [0.05, 0.1) is 27.0 Å². The molecule has 6 unspecified atom stereocenters. The molecule has 34 heavy (non-hydrogen) atoms. The number of rotatable bonds is 8. The van der Waals surface area contributed by atoms with Crippen molar-refractivity contribution in [2.75, 3.05) is 6.61 Å². The number of phosphoric ester groups is 1. The summed E-state index contributed by atoms with van der Waals surface area (Å²) in [5.41, 5.74) is 0.560. The third-order valence-electron chi connectivity index (χ3n) is 3.65. The van der Waals surface area contributed by atoms with Gasteiger partial charge in [-0.15, -0.1) is 0 Å². The number of hydrogen-bond donors (Lipinski definition) is 2. The van der Waals surface area contributed by atoms with Crippen molar-refractivity contribution in [2.45, 2.75) is 24.5 Å². The first-order chi connectivity index (χ1) is 13.8. The number of hydrogen-bond acceptors (Lipinski definition) is 16. The molecule has 2 aromatic rings. The first-order valence-electron chi connectivity index (χ1n) is 7.63. The second-order valence-electron chi connectivity index (χ2n) is 5.73. The Morgan fingerprint density at radius 3 is 2.18 bits per heavy atom. The number of aliphatic hydroxyl groups excluding tert-OH is 2. The van der Waals surface area contributed by atoms with Gasteiger partial charge in [0.1, 0.15) is 30.2 Å². The molecule has 1 aliphatic rings. The number of aliphatic hydroxyl groups is 2. The smallest absolute Gasteiger partial charge is 0.790 e. The van der Waals surface area contributed by atoms with Gasteiger partial charge in [-0.2, -0.15) is 0 Å². The minimum absolute atomic E-state index is 0. The van der Waals surface area contributed by atoms with Crippen molar-refractivity contribution < 1.29 is 180 Å². The van der Waals surface area contributed by atoms with Crippen LogP contribution in [0, 0.1) is 0 Å². The molecule has 0 aliphatic carbocycles. The van der Waals surface area contributed by atoms with E-state index >= 15 is 0 Å². The minimum atomic E-state index is -6.12. The van der Waals surface area contributed by atoms with E-state index in [0.29, 0.717) is 5.52 Å². The van der Waals surface area contributed by atoms with E-state index in [4.69, 9.17) is 4.74 Å². The van der Waals surface area contributed by atoms with E-state index in [9.17, 15) is 43.5 Å². The van der Waals surface area contributed by atoms with Crippen LogP contribution >= 0.6 is 23.5 Å². The van der Waals surface area contributed by atoms with Crippen LogP contribution in [0.5, 0.6) is 0 Å². The van der Waals surface area contributed by atoms with Gasteiger partial charge in [0.25, 0.3) is 15.6 Å². The summed E-state index contributed by atoms with van der Waals surface area (Å²) >= 11 is 0. The van der Waals surface area contributed by atoms with E-state index < -0.39 is 54.6 Å². The second kappa shape index (κ2) is 15.6. The molecular formula is C10H11N4Na4O13P3. The van der Waals surface area contributed by atoms with Crippen LogP contribution in [0.4, 0.5) is 0 Å². The van der Waals surface area contributed by atoms with E-state index in [0.717, 1.165) is 0 Å². The van der Waals surface area contributed by atoms with Crippen LogP contribution < -0.4 is 138 Å². The predicted octanol–water partition coefficient (Wildman–Crippen LogP) is -15.7. The minimum Gasteiger partial charge on any atom is -0.790 e. The number of imidazole rings is 1. The van der Waals surface area contributed by atoms with Gasteiger partial charge in [0.15, 0.2) is 11.9 Å². The Hall–Kier alpha value is 2.84. The first kappa shape index (κ1) is 39.0. The van der Waals surface area contributed by atoms with Gasteiger partial charge in [-0.1, -0.05) is 0 Å². The maximum absolute atomic E-state index is 11.6. The molecule has 3 heterocycles. The van der Waals surface area contributed by atoms with Crippen LogP contribution in [0.3, 0.4) is 0 Å². The number of ether oxygens (including phenoxy) is 1. The zero-order chi connectivity index (χ0) is 22.3. The Bertz CT molecular complexity index is 1070. The molecule has 0 saturated carbocycles. The fourth-order valence-electron chi connectivity index (χ4n) is 2.52. The number of aromatic nitrogens is 4. The van der Waals surface area contributed by atoms with E-state index in [1.54, 1.807) is 0 Å². The molecule has 0 amide bonds. The van der Waals surface area contributed by atoms with E-state index in [1.807, 2.05) is 0 Å². The largest absolute Gasteiger partial charge is 1.00 e. The topological polar surface area (TPSA) is 264 Å². The number of nitrogens with zero attached hydrogens (tertiary/aromatic N) is 4. The van der Waals surface area contributed by atoms with Gasteiger partial charge < -0.3 is 43.6 Å². The van der Waals surface area contributed by atoms with Gasteiger partial charge in [0, 0.05) is 0 Å². The molecule has 2 N–H and O–H groups in total. The maximum Gasteiger partial charge on any atom is 1.00 e. The third kappa shape index (κ3) is 10.8. The standard InChI is InChI=1S/C10H15N4O13P3.4Na/c15-7-6(2-24-29(20,21)27-30(22,23)26-28(17,18)19)25-10(8(7)16)14-4-13-5-1-11-3-12-9(5)14;;;;/h1,3-4,6-8,10,15-16H,2H2,(H,20,21)(H,22,23)(H2,17,18,19);;;;/q;4*+1/p-4. The third-order valence-corrected chi connectivity index (χ3v) is 7.31. The average molecular weight is 580 g/mol. The molecule has 0 bridgehead atoms. The summed E-state index contributed by atoms with van der Waals surface area (Å²) in [5, 5.41) is 20.3. The van der Waals surface area contributed by atoms with Crippen LogP contribution in [-0.4, -0.2) is 54.7 Å². The molecule has 3 rings (SSSR count). The summed E-state index contributed by atoms with van der Waals surface area (Å²) in [4.78, 5) is 54.9. The molecule has 1 aliphatic heterocycles. The predicted molar refractivity (Wildman–Crippen MR) is 82.2 cm³/mol. The van der Waals surface area contributed by atoms with Crippen LogP contribution in [0.25, 0.3) is 11.2 Å². The summed E-state index contributed by atoms with van der Waals surface area (Å²) in [7, 11) is -18.0. The van der Waals surface area contributed by atoms with Crippen LogP contribution in [0.15, 0.2) is 18.9 Å². The van der Waals surface area contributed by atoms with Gasteiger partial charge in [-0.05, 0) is 0 Å². The van der Waals surface area contributed by atoms with Crippen molar-refractivity contribution in [3.05, 3.63) is 18.9 Å². The van der Waals surface area contributed by atoms with Crippen LogP contribution in [0.2, 0.25) is 0 Å². The van der Waals surface area contributed by atoms with E-state index in [2.05, 4.69) is 28.1 Å². The van der Waals surface area contributed by atoms with Gasteiger partial charge in [-0.3, -0.25) is 18.0 Å². The summed E-state index contributed by atoms with van der Waals surface area (Å²) in [5.74, 6) is 0. The second-order valence-corrected chi connectivity index (χ2v) is 9.98. The number of phosphoric acid groups is 3. The molecule has 1 fully saturated rings. The van der Waals surface area contributed by atoms with Crippen molar-refractivity contribution >= 4 is 34.6 Å². The van der Waals surface area contributed by atoms with Crippen molar-refractivity contribution in [2.24, 2.45) is 0 Å². The van der Waals surface area contributed by atoms with Crippen molar-refractivity contribution in [3.8, 4) is 0 Å². The molecule has 0 aromatic carbocycles. The average Bonchev–Trinajstić information content (AvgIpc) is 3.12. The van der Waals surface area contributed by atoms with Crippen molar-refractivity contribution in [1.82, 2.24) is 19.5 Å². The van der Waals surface area contributed by atoms with Crippen molar-refractivity contribution in [1.29, 1.82) is 0 Å². The SMILES string of the molecule is O=P([O-])([O-])OP(=O)([O-])OP(=O)([O-])OCC1OC(n2cnc3cncnc32)C(O)C1O.[Na+].[Na+].[Na+].[Na+].